The molecule has 1 saturated carbocycles. The third-order valence-electron chi connectivity index (χ3n) is 2.67. The van der Waals surface area contributed by atoms with Gasteiger partial charge in [-0.2, -0.15) is 0 Å². The standard InChI is InChI=1S/C11H22OSi/c1-9-6-5-7-11(12)10(9)8-13(2,3)4/h8-9,11-12H,5-7H2,1-4H3/b10-8-/t9-,11-/m1/s1. The zero-order chi connectivity index (χ0) is 10.1. The van der Waals surface area contributed by atoms with Crippen molar-refractivity contribution in [3.8, 4) is 0 Å². The molecule has 2 atom stereocenters. The van der Waals surface area contributed by atoms with Gasteiger partial charge in [-0.1, -0.05) is 32.3 Å². The van der Waals surface area contributed by atoms with E-state index in [1.165, 1.54) is 18.4 Å². The van der Waals surface area contributed by atoms with Crippen LogP contribution < -0.4 is 0 Å². The lowest BCUT2D eigenvalue weighted by Gasteiger charge is -2.29. The third kappa shape index (κ3) is 3.28. The molecule has 0 spiro atoms. The van der Waals surface area contributed by atoms with Crippen LogP contribution in [0.4, 0.5) is 0 Å². The van der Waals surface area contributed by atoms with Gasteiger partial charge in [0.25, 0.3) is 0 Å². The average molecular weight is 198 g/mol. The molecule has 0 bridgehead atoms. The van der Waals surface area contributed by atoms with Gasteiger partial charge < -0.3 is 5.11 Å². The first-order valence-corrected chi connectivity index (χ1v) is 8.88. The molecule has 76 valence electrons. The predicted octanol–water partition coefficient (Wildman–Crippen LogP) is 2.97. The van der Waals surface area contributed by atoms with Gasteiger partial charge in [-0.05, 0) is 30.8 Å². The van der Waals surface area contributed by atoms with Gasteiger partial charge in [-0.15, -0.1) is 0 Å². The van der Waals surface area contributed by atoms with E-state index in [0.717, 1.165) is 6.42 Å². The van der Waals surface area contributed by atoms with E-state index in [1.807, 2.05) is 0 Å². The second-order valence-corrected chi connectivity index (χ2v) is 10.4. The average Bonchev–Trinajstić information content (AvgIpc) is 1.95. The van der Waals surface area contributed by atoms with Crippen molar-refractivity contribution in [3.63, 3.8) is 0 Å². The van der Waals surface area contributed by atoms with Crippen LogP contribution in [0.3, 0.4) is 0 Å². The molecule has 13 heavy (non-hydrogen) atoms. The molecule has 0 radical (unpaired) electrons. The summed E-state index contributed by atoms with van der Waals surface area (Å²) in [4.78, 5) is 0. The molecule has 0 heterocycles. The maximum atomic E-state index is 9.86. The smallest absolute Gasteiger partial charge is 0.0749 e. The summed E-state index contributed by atoms with van der Waals surface area (Å²) < 4.78 is 0. The van der Waals surface area contributed by atoms with Crippen molar-refractivity contribution in [1.29, 1.82) is 0 Å². The van der Waals surface area contributed by atoms with E-state index in [2.05, 4.69) is 32.3 Å². The summed E-state index contributed by atoms with van der Waals surface area (Å²) >= 11 is 0. The summed E-state index contributed by atoms with van der Waals surface area (Å²) in [5, 5.41) is 9.86. The van der Waals surface area contributed by atoms with Gasteiger partial charge in [-0.25, -0.2) is 0 Å². The highest BCUT2D eigenvalue weighted by atomic mass is 28.3. The van der Waals surface area contributed by atoms with Crippen molar-refractivity contribution in [1.82, 2.24) is 0 Å². The van der Waals surface area contributed by atoms with Gasteiger partial charge in [0.2, 0.25) is 0 Å². The highest BCUT2D eigenvalue weighted by molar-refractivity contribution is 6.81. The van der Waals surface area contributed by atoms with E-state index >= 15 is 0 Å². The van der Waals surface area contributed by atoms with Gasteiger partial charge in [0, 0.05) is 0 Å². The second kappa shape index (κ2) is 3.97. The Hall–Kier alpha value is -0.0831. The van der Waals surface area contributed by atoms with Crippen LogP contribution >= 0.6 is 0 Å². The van der Waals surface area contributed by atoms with Crippen LogP contribution in [0.1, 0.15) is 26.2 Å². The number of hydrogen-bond donors (Lipinski definition) is 1. The fourth-order valence-corrected chi connectivity index (χ4v) is 3.49. The molecule has 0 aromatic carbocycles. The minimum atomic E-state index is -1.15. The Balaban J connectivity index is 2.79. The highest BCUT2D eigenvalue weighted by Crippen LogP contribution is 2.30. The monoisotopic (exact) mass is 198 g/mol. The number of rotatable bonds is 1. The van der Waals surface area contributed by atoms with Crippen molar-refractivity contribution in [2.45, 2.75) is 51.9 Å². The largest absolute Gasteiger partial charge is 0.389 e. The van der Waals surface area contributed by atoms with Gasteiger partial charge in [0.15, 0.2) is 0 Å². The molecular formula is C11H22OSi. The van der Waals surface area contributed by atoms with Crippen LogP contribution in [0.15, 0.2) is 11.3 Å². The van der Waals surface area contributed by atoms with E-state index in [0.29, 0.717) is 5.92 Å². The minimum Gasteiger partial charge on any atom is -0.389 e. The number of aliphatic hydroxyl groups is 1. The zero-order valence-corrected chi connectivity index (χ0v) is 10.3. The molecule has 0 aromatic rings. The third-order valence-corrected chi connectivity index (χ3v) is 3.87. The number of aliphatic hydroxyl groups excluding tert-OH is 1. The summed E-state index contributed by atoms with van der Waals surface area (Å²) in [6.45, 7) is 9.23. The van der Waals surface area contributed by atoms with Crippen molar-refractivity contribution < 1.29 is 5.11 Å². The Kier molecular flexibility index (Phi) is 3.36. The van der Waals surface area contributed by atoms with Crippen molar-refractivity contribution >= 4 is 8.07 Å². The van der Waals surface area contributed by atoms with Crippen LogP contribution in [0.5, 0.6) is 0 Å². The SMILES string of the molecule is C[C@@H]1CCC[C@@H](O)/C1=C\[Si](C)(C)C. The van der Waals surface area contributed by atoms with E-state index in [9.17, 15) is 5.11 Å². The molecule has 0 amide bonds. The first-order valence-electron chi connectivity index (χ1n) is 5.31. The molecular weight excluding hydrogens is 176 g/mol. The maximum absolute atomic E-state index is 9.86. The van der Waals surface area contributed by atoms with Crippen LogP contribution in [0.2, 0.25) is 19.6 Å². The molecule has 1 fully saturated rings. The van der Waals surface area contributed by atoms with Crippen LogP contribution in [0, 0.1) is 5.92 Å². The van der Waals surface area contributed by atoms with Crippen LogP contribution in [0.25, 0.3) is 0 Å². The summed E-state index contributed by atoms with van der Waals surface area (Å²) in [5.74, 6) is 0.607. The lowest BCUT2D eigenvalue weighted by atomic mass is 9.84. The Morgan fingerprint density at radius 2 is 1.92 bits per heavy atom. The van der Waals surface area contributed by atoms with Gasteiger partial charge in [0.1, 0.15) is 0 Å². The maximum Gasteiger partial charge on any atom is 0.0749 e. The molecule has 0 aromatic heterocycles. The van der Waals surface area contributed by atoms with Gasteiger partial charge >= 0.3 is 0 Å². The molecule has 1 rings (SSSR count). The minimum absolute atomic E-state index is 0.143. The second-order valence-electron chi connectivity index (χ2n) is 5.36. The summed E-state index contributed by atoms with van der Waals surface area (Å²) in [6, 6.07) is 0. The first kappa shape index (κ1) is 11.0. The van der Waals surface area contributed by atoms with E-state index in [-0.39, 0.29) is 6.10 Å². The fourth-order valence-electron chi connectivity index (χ4n) is 2.02. The normalized spacial score (nSPS) is 33.8. The van der Waals surface area contributed by atoms with Crippen molar-refractivity contribution in [3.05, 3.63) is 11.3 Å². The molecule has 0 aliphatic heterocycles. The molecule has 1 nitrogen and oxygen atoms in total. The van der Waals surface area contributed by atoms with Crippen LogP contribution in [-0.4, -0.2) is 19.3 Å². The van der Waals surface area contributed by atoms with Gasteiger partial charge in [-0.3, -0.25) is 0 Å². The number of hydrogen-bond acceptors (Lipinski definition) is 1. The quantitative estimate of drug-likeness (QED) is 0.642. The van der Waals surface area contributed by atoms with Crippen LogP contribution in [-0.2, 0) is 0 Å². The molecule has 1 aliphatic carbocycles. The Labute approximate surface area is 82.9 Å². The Morgan fingerprint density at radius 3 is 2.38 bits per heavy atom. The van der Waals surface area contributed by atoms with Crippen molar-refractivity contribution in [2.75, 3.05) is 0 Å². The highest BCUT2D eigenvalue weighted by Gasteiger charge is 2.24. The summed E-state index contributed by atoms with van der Waals surface area (Å²) in [6.07, 6.45) is 3.27. The van der Waals surface area contributed by atoms with Gasteiger partial charge in [0.05, 0.1) is 14.2 Å². The van der Waals surface area contributed by atoms with E-state index in [1.54, 1.807) is 0 Å². The van der Waals surface area contributed by atoms with E-state index in [4.69, 9.17) is 0 Å². The Bertz CT molecular complexity index is 191. The topological polar surface area (TPSA) is 20.2 Å². The molecule has 0 saturated heterocycles. The lowest BCUT2D eigenvalue weighted by molar-refractivity contribution is 0.163. The lowest BCUT2D eigenvalue weighted by Crippen LogP contribution is -2.27. The molecule has 1 aliphatic rings. The Morgan fingerprint density at radius 1 is 1.31 bits per heavy atom. The molecule has 0 unspecified atom stereocenters. The summed E-state index contributed by atoms with van der Waals surface area (Å²) in [5.41, 5.74) is 3.71. The van der Waals surface area contributed by atoms with E-state index < -0.39 is 8.07 Å². The first-order chi connectivity index (χ1) is 5.90. The van der Waals surface area contributed by atoms with Crippen molar-refractivity contribution in [2.24, 2.45) is 5.92 Å². The summed E-state index contributed by atoms with van der Waals surface area (Å²) in [7, 11) is -1.15. The molecule has 1 N–H and O–H groups in total. The fraction of sp³-hybridized carbons (Fsp3) is 0.818. The predicted molar refractivity (Wildman–Crippen MR) is 60.5 cm³/mol. The molecule has 2 heteroatoms. The zero-order valence-electron chi connectivity index (χ0n) is 9.30.